The maximum Gasteiger partial charge on any atom is 0.282 e. The molecule has 2 aromatic heterocycles. The number of fused-ring (bicyclic) bond motifs is 2. The molecule has 52 heavy (non-hydrogen) atoms. The van der Waals surface area contributed by atoms with E-state index in [0.29, 0.717) is 12.5 Å². The van der Waals surface area contributed by atoms with E-state index in [4.69, 9.17) is 9.72 Å². The number of carbonyl (C=O) groups excluding carboxylic acids is 1. The van der Waals surface area contributed by atoms with Crippen molar-refractivity contribution in [3.63, 3.8) is 0 Å². The van der Waals surface area contributed by atoms with Crippen LogP contribution in [0.4, 0.5) is 10.5 Å². The highest BCUT2D eigenvalue weighted by atomic mass is 32.2. The Morgan fingerprint density at radius 2 is 1.67 bits per heavy atom. The number of piperidine rings is 1. The number of benzene rings is 4. The fourth-order valence-electron chi connectivity index (χ4n) is 7.60. The number of carbonyl (C=O) groups is 1. The fourth-order valence-corrected chi connectivity index (χ4v) is 8.92. The molecule has 9 heteroatoms. The molecule has 8 rings (SSSR count). The average Bonchev–Trinajstić information content (AvgIpc) is 3.78. The molecule has 262 valence electrons. The Morgan fingerprint density at radius 3 is 2.42 bits per heavy atom. The van der Waals surface area contributed by atoms with Crippen LogP contribution in [0.5, 0.6) is 11.5 Å². The number of ether oxygens (including phenoxy) is 1. The Bertz CT molecular complexity index is 2220. The molecule has 4 heterocycles. The number of aryl methyl sites for hydroxylation is 1. The Balaban J connectivity index is 1.05. The summed E-state index contributed by atoms with van der Waals surface area (Å²) in [5.74, 6) is 2.11. The van der Waals surface area contributed by atoms with Crippen LogP contribution in [0, 0.1) is 18.8 Å². The van der Waals surface area contributed by atoms with Gasteiger partial charge in [-0.05, 0) is 104 Å². The zero-order chi connectivity index (χ0) is 35.8. The lowest BCUT2D eigenvalue weighted by atomic mass is 9.79. The molecule has 4 atom stereocenters. The molecular weight excluding hydrogens is 665 g/mol. The summed E-state index contributed by atoms with van der Waals surface area (Å²) in [5, 5.41) is 10.3. The van der Waals surface area contributed by atoms with Gasteiger partial charge in [0, 0.05) is 55.4 Å². The molecule has 2 saturated heterocycles. The second-order valence-electron chi connectivity index (χ2n) is 14.1. The maximum atomic E-state index is 13.6. The van der Waals surface area contributed by atoms with Gasteiger partial charge in [0.15, 0.2) is 0 Å². The van der Waals surface area contributed by atoms with E-state index in [2.05, 4.69) is 100 Å². The van der Waals surface area contributed by atoms with Gasteiger partial charge in [0.1, 0.15) is 17.2 Å². The number of para-hydroxylation sites is 1. The summed E-state index contributed by atoms with van der Waals surface area (Å²) < 4.78 is 8.00. The van der Waals surface area contributed by atoms with Crippen molar-refractivity contribution in [1.29, 1.82) is 0 Å². The topological polar surface area (TPSA) is 76.4 Å². The number of aromatic nitrogens is 4. The highest BCUT2D eigenvalue weighted by Gasteiger charge is 2.46. The van der Waals surface area contributed by atoms with E-state index < -0.39 is 0 Å². The van der Waals surface area contributed by atoms with Crippen molar-refractivity contribution in [2.45, 2.75) is 37.6 Å². The lowest BCUT2D eigenvalue weighted by molar-refractivity contribution is 0.129. The molecular formula is C43H42N6O2S. The molecule has 0 N–H and O–H groups in total. The minimum Gasteiger partial charge on any atom is -0.457 e. The average molecular weight is 707 g/mol. The minimum absolute atomic E-state index is 0.0180. The first-order chi connectivity index (χ1) is 25.3. The first-order valence-corrected chi connectivity index (χ1v) is 18.7. The largest absolute Gasteiger partial charge is 0.457 e. The molecule has 2 aliphatic heterocycles. The second-order valence-corrected chi connectivity index (χ2v) is 15.2. The summed E-state index contributed by atoms with van der Waals surface area (Å²) in [4.78, 5) is 22.9. The number of nitrogens with zero attached hydrogens (tertiary/aromatic N) is 6. The SMILES string of the molecule is C=C[C@@H](Cn1cc(-c2ccc(N(C)C)cc2)nn1)[C@H]1CCN2C(=O)S[C@H](c3cc(-c4ccc(Oc5ccccc5)cc4)nc4ccc(C)cc34)[C@@H]2C1. The van der Waals surface area contributed by atoms with Crippen molar-refractivity contribution < 1.29 is 9.53 Å². The fraction of sp³-hybridized carbons (Fsp3) is 0.256. The standard InChI is InChI=1S/C43H42N6O2S/c1-5-29(26-48-27-40(45-46-48)31-12-16-33(17-13-31)47(3)4)32-21-22-49-41(24-32)42(52-43(49)50)37-25-39(44-38-20-11-28(2)23-36(37)38)30-14-18-35(19-15-30)51-34-9-7-6-8-10-34/h5-20,23,25,27,29,32,41-42H,1,21-22,24,26H2,2-4H3/t29-,32-,41-,42+/m0/s1. The van der Waals surface area contributed by atoms with Gasteiger partial charge in [0.25, 0.3) is 5.24 Å². The summed E-state index contributed by atoms with van der Waals surface area (Å²) in [6, 6.07) is 35.0. The first kappa shape index (κ1) is 33.7. The van der Waals surface area contributed by atoms with Gasteiger partial charge in [0.2, 0.25) is 0 Å². The Kier molecular flexibility index (Phi) is 9.28. The van der Waals surface area contributed by atoms with Crippen molar-refractivity contribution in [2.24, 2.45) is 11.8 Å². The van der Waals surface area contributed by atoms with Crippen LogP contribution in [0.3, 0.4) is 0 Å². The van der Waals surface area contributed by atoms with Gasteiger partial charge in [-0.1, -0.05) is 65.0 Å². The molecule has 1 amide bonds. The van der Waals surface area contributed by atoms with E-state index in [0.717, 1.165) is 75.6 Å². The molecule has 0 aliphatic carbocycles. The number of hydrogen-bond acceptors (Lipinski definition) is 7. The van der Waals surface area contributed by atoms with Gasteiger partial charge in [-0.15, -0.1) is 11.7 Å². The molecule has 0 saturated carbocycles. The number of pyridine rings is 1. The zero-order valence-electron chi connectivity index (χ0n) is 29.7. The monoisotopic (exact) mass is 706 g/mol. The van der Waals surface area contributed by atoms with Crippen molar-refractivity contribution in [1.82, 2.24) is 24.9 Å². The number of amides is 1. The van der Waals surface area contributed by atoms with E-state index in [1.54, 1.807) is 0 Å². The number of rotatable bonds is 10. The summed E-state index contributed by atoms with van der Waals surface area (Å²) in [6.07, 6.45) is 5.92. The van der Waals surface area contributed by atoms with Gasteiger partial charge >= 0.3 is 0 Å². The molecule has 4 aromatic carbocycles. The summed E-state index contributed by atoms with van der Waals surface area (Å²) >= 11 is 1.46. The van der Waals surface area contributed by atoms with Crippen LogP contribution in [0.15, 0.2) is 122 Å². The van der Waals surface area contributed by atoms with E-state index >= 15 is 0 Å². The van der Waals surface area contributed by atoms with Gasteiger partial charge in [0.05, 0.1) is 22.7 Å². The van der Waals surface area contributed by atoms with Crippen molar-refractivity contribution >= 4 is 33.6 Å². The third-order valence-corrected chi connectivity index (χ3v) is 11.7. The zero-order valence-corrected chi connectivity index (χ0v) is 30.5. The highest BCUT2D eigenvalue weighted by Crippen LogP contribution is 2.51. The number of hydrogen-bond donors (Lipinski definition) is 0. The Labute approximate surface area is 309 Å². The van der Waals surface area contributed by atoms with E-state index in [-0.39, 0.29) is 22.4 Å². The third-order valence-electron chi connectivity index (χ3n) is 10.5. The van der Waals surface area contributed by atoms with Crippen LogP contribution in [0.2, 0.25) is 0 Å². The van der Waals surface area contributed by atoms with E-state index in [1.165, 1.54) is 17.3 Å². The number of anilines is 1. The van der Waals surface area contributed by atoms with Gasteiger partial charge in [-0.25, -0.2) is 4.98 Å². The Hall–Kier alpha value is -5.41. The van der Waals surface area contributed by atoms with E-state index in [1.807, 2.05) is 67.4 Å². The Morgan fingerprint density at radius 1 is 0.942 bits per heavy atom. The van der Waals surface area contributed by atoms with Crippen LogP contribution < -0.4 is 9.64 Å². The van der Waals surface area contributed by atoms with Crippen molar-refractivity contribution in [2.75, 3.05) is 25.5 Å². The lowest BCUT2D eigenvalue weighted by Gasteiger charge is -2.39. The molecule has 2 aliphatic rings. The van der Waals surface area contributed by atoms with Crippen LogP contribution in [-0.2, 0) is 6.54 Å². The summed E-state index contributed by atoms with van der Waals surface area (Å²) in [5.41, 5.74) is 8.20. The van der Waals surface area contributed by atoms with Crippen LogP contribution in [0.1, 0.15) is 29.2 Å². The van der Waals surface area contributed by atoms with Crippen LogP contribution in [-0.4, -0.2) is 56.8 Å². The quantitative estimate of drug-likeness (QED) is 0.131. The maximum absolute atomic E-state index is 13.6. The summed E-state index contributed by atoms with van der Waals surface area (Å²) in [7, 11) is 4.07. The molecule has 0 spiro atoms. The van der Waals surface area contributed by atoms with Crippen molar-refractivity contribution in [3.05, 3.63) is 133 Å². The smallest absolute Gasteiger partial charge is 0.282 e. The minimum atomic E-state index is -0.0180. The second kappa shape index (κ2) is 14.3. The van der Waals surface area contributed by atoms with Gasteiger partial charge < -0.3 is 14.5 Å². The molecule has 8 nitrogen and oxygen atoms in total. The third kappa shape index (κ3) is 6.80. The molecule has 0 unspecified atom stereocenters. The number of allylic oxidation sites excluding steroid dienone is 1. The van der Waals surface area contributed by atoms with Gasteiger partial charge in [-0.2, -0.15) is 0 Å². The van der Waals surface area contributed by atoms with E-state index in [9.17, 15) is 4.79 Å². The summed E-state index contributed by atoms with van der Waals surface area (Å²) in [6.45, 7) is 7.80. The van der Waals surface area contributed by atoms with Crippen molar-refractivity contribution in [3.8, 4) is 34.0 Å². The molecule has 2 fully saturated rings. The van der Waals surface area contributed by atoms with Gasteiger partial charge in [-0.3, -0.25) is 9.48 Å². The number of thioether (sulfide) groups is 1. The van der Waals surface area contributed by atoms with Crippen LogP contribution >= 0.6 is 11.8 Å². The molecule has 6 aromatic rings. The first-order valence-electron chi connectivity index (χ1n) is 17.9. The normalized spacial score (nSPS) is 19.0. The predicted octanol–water partition coefficient (Wildman–Crippen LogP) is 9.82. The molecule has 0 radical (unpaired) electrons. The molecule has 0 bridgehead atoms. The van der Waals surface area contributed by atoms with Crippen LogP contribution in [0.25, 0.3) is 33.4 Å². The lowest BCUT2D eigenvalue weighted by Crippen LogP contribution is -2.43. The highest BCUT2D eigenvalue weighted by molar-refractivity contribution is 8.14. The predicted molar refractivity (Wildman–Crippen MR) is 211 cm³/mol.